The first kappa shape index (κ1) is 17.1. The molecule has 6 heteroatoms. The number of aromatic nitrogens is 2. The molecule has 0 saturated carbocycles. The maximum atomic E-state index is 12.4. The van der Waals surface area contributed by atoms with E-state index in [2.05, 4.69) is 33.6 Å². The van der Waals surface area contributed by atoms with Crippen molar-refractivity contribution in [3.8, 4) is 6.07 Å². The summed E-state index contributed by atoms with van der Waals surface area (Å²) >= 11 is 0. The van der Waals surface area contributed by atoms with E-state index in [-0.39, 0.29) is 11.6 Å². The van der Waals surface area contributed by atoms with Crippen molar-refractivity contribution in [3.63, 3.8) is 0 Å². The third-order valence-corrected chi connectivity index (χ3v) is 3.83. The Morgan fingerprint density at radius 3 is 2.62 bits per heavy atom. The van der Waals surface area contributed by atoms with Crippen molar-refractivity contribution >= 4 is 23.1 Å². The van der Waals surface area contributed by atoms with E-state index in [0.717, 1.165) is 6.42 Å². The van der Waals surface area contributed by atoms with Crippen molar-refractivity contribution in [3.05, 3.63) is 77.7 Å². The number of nitriles is 1. The normalized spacial score (nSPS) is 10.0. The van der Waals surface area contributed by atoms with Gasteiger partial charge in [-0.05, 0) is 36.2 Å². The van der Waals surface area contributed by atoms with E-state index in [1.807, 2.05) is 30.3 Å². The number of rotatable bonds is 5. The standard InChI is InChI=1S/C20H17N5O/c1-2-14-7-9-16(10-8-14)24-20(26)18-11-19(23-13-22-18)25-17-6-4-3-5-15(17)12-21/h3-11,13H,2H2,1H3,(H,24,26)(H,22,23,25). The molecule has 3 rings (SSSR count). The molecule has 2 aromatic carbocycles. The van der Waals surface area contributed by atoms with Gasteiger partial charge in [0.15, 0.2) is 0 Å². The minimum Gasteiger partial charge on any atom is -0.339 e. The van der Waals surface area contributed by atoms with E-state index in [9.17, 15) is 4.79 Å². The number of hydrogen-bond donors (Lipinski definition) is 2. The Morgan fingerprint density at radius 2 is 1.88 bits per heavy atom. The summed E-state index contributed by atoms with van der Waals surface area (Å²) in [4.78, 5) is 20.6. The van der Waals surface area contributed by atoms with Crippen LogP contribution in [0.3, 0.4) is 0 Å². The van der Waals surface area contributed by atoms with Gasteiger partial charge in [0.25, 0.3) is 5.91 Å². The van der Waals surface area contributed by atoms with Crippen LogP contribution in [0, 0.1) is 11.3 Å². The number of hydrogen-bond acceptors (Lipinski definition) is 5. The molecule has 0 aliphatic heterocycles. The van der Waals surface area contributed by atoms with Gasteiger partial charge >= 0.3 is 0 Å². The first-order valence-corrected chi connectivity index (χ1v) is 8.18. The molecule has 6 nitrogen and oxygen atoms in total. The molecule has 0 atom stereocenters. The first-order valence-electron chi connectivity index (χ1n) is 8.18. The van der Waals surface area contributed by atoms with Gasteiger partial charge in [-0.25, -0.2) is 9.97 Å². The Morgan fingerprint density at radius 1 is 1.12 bits per heavy atom. The number of aryl methyl sites for hydroxylation is 1. The maximum absolute atomic E-state index is 12.4. The molecule has 26 heavy (non-hydrogen) atoms. The Kier molecular flexibility index (Phi) is 5.20. The van der Waals surface area contributed by atoms with Gasteiger partial charge in [0.2, 0.25) is 0 Å². The average Bonchev–Trinajstić information content (AvgIpc) is 2.69. The number of amides is 1. The summed E-state index contributed by atoms with van der Waals surface area (Å²) in [5.41, 5.74) is 3.25. The Bertz CT molecular complexity index is 960. The van der Waals surface area contributed by atoms with E-state index in [1.54, 1.807) is 24.3 Å². The molecule has 1 aromatic heterocycles. The Balaban J connectivity index is 1.75. The lowest BCUT2D eigenvalue weighted by molar-refractivity contribution is 0.102. The van der Waals surface area contributed by atoms with Crippen LogP contribution in [0.4, 0.5) is 17.2 Å². The lowest BCUT2D eigenvalue weighted by Crippen LogP contribution is -2.14. The second-order valence-electron chi connectivity index (χ2n) is 5.58. The monoisotopic (exact) mass is 343 g/mol. The molecule has 0 spiro atoms. The molecule has 0 fully saturated rings. The summed E-state index contributed by atoms with van der Waals surface area (Å²) in [5, 5.41) is 15.0. The lowest BCUT2D eigenvalue weighted by Gasteiger charge is -2.09. The first-order chi connectivity index (χ1) is 12.7. The SMILES string of the molecule is CCc1ccc(NC(=O)c2cc(Nc3ccccc3C#N)ncn2)cc1. The van der Waals surface area contributed by atoms with Crippen molar-refractivity contribution in [2.45, 2.75) is 13.3 Å². The van der Waals surface area contributed by atoms with E-state index >= 15 is 0 Å². The highest BCUT2D eigenvalue weighted by atomic mass is 16.1. The second kappa shape index (κ2) is 7.90. The maximum Gasteiger partial charge on any atom is 0.274 e. The van der Waals surface area contributed by atoms with Gasteiger partial charge in [-0.2, -0.15) is 5.26 Å². The smallest absolute Gasteiger partial charge is 0.274 e. The van der Waals surface area contributed by atoms with Crippen molar-refractivity contribution in [1.29, 1.82) is 5.26 Å². The fraction of sp³-hybridized carbons (Fsp3) is 0.100. The van der Waals surface area contributed by atoms with Gasteiger partial charge in [-0.1, -0.05) is 31.2 Å². The summed E-state index contributed by atoms with van der Waals surface area (Å²) in [6, 6.07) is 18.4. The number of anilines is 3. The van der Waals surface area contributed by atoms with Gasteiger partial charge < -0.3 is 10.6 Å². The number of carbonyl (C=O) groups excluding carboxylic acids is 1. The van der Waals surface area contributed by atoms with E-state index < -0.39 is 0 Å². The van der Waals surface area contributed by atoms with Crippen LogP contribution < -0.4 is 10.6 Å². The molecule has 1 heterocycles. The summed E-state index contributed by atoms with van der Waals surface area (Å²) in [6.45, 7) is 2.08. The summed E-state index contributed by atoms with van der Waals surface area (Å²) in [6.07, 6.45) is 2.26. The molecule has 0 saturated heterocycles. The minimum absolute atomic E-state index is 0.233. The largest absolute Gasteiger partial charge is 0.339 e. The van der Waals surface area contributed by atoms with E-state index in [1.165, 1.54) is 11.9 Å². The van der Waals surface area contributed by atoms with Crippen molar-refractivity contribution in [2.24, 2.45) is 0 Å². The zero-order valence-corrected chi connectivity index (χ0v) is 14.2. The fourth-order valence-corrected chi connectivity index (χ4v) is 2.40. The van der Waals surface area contributed by atoms with Gasteiger partial charge in [0, 0.05) is 11.8 Å². The summed E-state index contributed by atoms with van der Waals surface area (Å²) < 4.78 is 0. The van der Waals surface area contributed by atoms with Crippen molar-refractivity contribution < 1.29 is 4.79 Å². The average molecular weight is 343 g/mol. The molecular weight excluding hydrogens is 326 g/mol. The number of benzene rings is 2. The van der Waals surface area contributed by atoms with Crippen LogP contribution in [0.1, 0.15) is 28.5 Å². The molecule has 3 aromatic rings. The molecule has 128 valence electrons. The van der Waals surface area contributed by atoms with Crippen LogP contribution in [0.15, 0.2) is 60.9 Å². The number of nitrogens with one attached hydrogen (secondary N) is 2. The van der Waals surface area contributed by atoms with Gasteiger partial charge in [-0.3, -0.25) is 4.79 Å². The second-order valence-corrected chi connectivity index (χ2v) is 5.58. The lowest BCUT2D eigenvalue weighted by atomic mass is 10.1. The van der Waals surface area contributed by atoms with Crippen LogP contribution in [0.5, 0.6) is 0 Å². The predicted molar refractivity (Wildman–Crippen MR) is 100 cm³/mol. The van der Waals surface area contributed by atoms with Gasteiger partial charge in [0.05, 0.1) is 11.3 Å². The van der Waals surface area contributed by atoms with Crippen molar-refractivity contribution in [1.82, 2.24) is 9.97 Å². The van der Waals surface area contributed by atoms with Crippen LogP contribution in [-0.2, 0) is 6.42 Å². The predicted octanol–water partition coefficient (Wildman–Crippen LogP) is 3.91. The molecule has 0 aliphatic carbocycles. The van der Waals surface area contributed by atoms with Crippen LogP contribution in [0.25, 0.3) is 0 Å². The molecule has 2 N–H and O–H groups in total. The topological polar surface area (TPSA) is 90.7 Å². The third kappa shape index (κ3) is 4.02. The molecule has 0 aliphatic rings. The van der Waals surface area contributed by atoms with Gasteiger partial charge in [-0.15, -0.1) is 0 Å². The summed E-state index contributed by atoms with van der Waals surface area (Å²) in [7, 11) is 0. The molecule has 0 unspecified atom stereocenters. The highest BCUT2D eigenvalue weighted by molar-refractivity contribution is 6.03. The highest BCUT2D eigenvalue weighted by Crippen LogP contribution is 2.19. The molecular formula is C20H17N5O. The quantitative estimate of drug-likeness (QED) is 0.733. The number of carbonyl (C=O) groups is 1. The number of nitrogens with zero attached hydrogens (tertiary/aromatic N) is 3. The molecule has 0 radical (unpaired) electrons. The van der Waals surface area contributed by atoms with Crippen LogP contribution in [0.2, 0.25) is 0 Å². The molecule has 0 bridgehead atoms. The van der Waals surface area contributed by atoms with E-state index in [0.29, 0.717) is 22.8 Å². The van der Waals surface area contributed by atoms with Crippen LogP contribution >= 0.6 is 0 Å². The zero-order chi connectivity index (χ0) is 18.4. The van der Waals surface area contributed by atoms with E-state index in [4.69, 9.17) is 5.26 Å². The number of para-hydroxylation sites is 1. The highest BCUT2D eigenvalue weighted by Gasteiger charge is 2.10. The zero-order valence-electron chi connectivity index (χ0n) is 14.2. The minimum atomic E-state index is -0.326. The third-order valence-electron chi connectivity index (χ3n) is 3.83. The Labute approximate surface area is 151 Å². The van der Waals surface area contributed by atoms with Crippen LogP contribution in [-0.4, -0.2) is 15.9 Å². The Hall–Kier alpha value is -3.72. The van der Waals surface area contributed by atoms with Crippen molar-refractivity contribution in [2.75, 3.05) is 10.6 Å². The van der Waals surface area contributed by atoms with Gasteiger partial charge in [0.1, 0.15) is 23.9 Å². The summed E-state index contributed by atoms with van der Waals surface area (Å²) in [5.74, 6) is 0.113. The fourth-order valence-electron chi connectivity index (χ4n) is 2.40. The molecule has 1 amide bonds.